The monoisotopic (exact) mass is 238 g/mol. The minimum Gasteiger partial charge on any atom is -0.385 e. The molecule has 0 radical (unpaired) electrons. The van der Waals surface area contributed by atoms with Crippen LogP contribution in [0.1, 0.15) is 26.2 Å². The molecule has 0 aliphatic heterocycles. The molecule has 0 unspecified atom stereocenters. The highest BCUT2D eigenvalue weighted by Gasteiger charge is 1.97. The number of aromatic nitrogens is 2. The van der Waals surface area contributed by atoms with Gasteiger partial charge >= 0.3 is 0 Å². The minimum atomic E-state index is 0.669. The van der Waals surface area contributed by atoms with Crippen molar-refractivity contribution >= 4 is 11.8 Å². The summed E-state index contributed by atoms with van der Waals surface area (Å²) in [4.78, 5) is 8.53. The molecule has 2 N–H and O–H groups in total. The highest BCUT2D eigenvalue weighted by molar-refractivity contribution is 5.39. The van der Waals surface area contributed by atoms with Crippen molar-refractivity contribution in [1.29, 1.82) is 0 Å². The van der Waals surface area contributed by atoms with E-state index in [2.05, 4.69) is 27.5 Å². The number of hydrogen-bond acceptors (Lipinski definition) is 5. The van der Waals surface area contributed by atoms with Gasteiger partial charge in [-0.1, -0.05) is 13.3 Å². The number of nitrogens with zero attached hydrogens (tertiary/aromatic N) is 2. The van der Waals surface area contributed by atoms with Crippen LogP contribution in [0.4, 0.5) is 11.8 Å². The van der Waals surface area contributed by atoms with Gasteiger partial charge in [0, 0.05) is 33.0 Å². The summed E-state index contributed by atoms with van der Waals surface area (Å²) in [6.45, 7) is 4.70. The first-order chi connectivity index (χ1) is 8.36. The Labute approximate surface area is 103 Å². The SMILES string of the molecule is CCCCNc1ccnc(NCCCOC)n1. The number of unbranched alkanes of at least 4 members (excludes halogenated alkanes) is 1. The molecule has 17 heavy (non-hydrogen) atoms. The maximum atomic E-state index is 4.98. The smallest absolute Gasteiger partial charge is 0.224 e. The zero-order chi connectivity index (χ0) is 12.3. The van der Waals surface area contributed by atoms with Crippen LogP contribution in [0.15, 0.2) is 12.3 Å². The van der Waals surface area contributed by atoms with Gasteiger partial charge in [-0.05, 0) is 18.9 Å². The van der Waals surface area contributed by atoms with Crippen molar-refractivity contribution in [2.75, 3.05) is 37.4 Å². The van der Waals surface area contributed by atoms with E-state index < -0.39 is 0 Å². The van der Waals surface area contributed by atoms with E-state index in [0.717, 1.165) is 38.4 Å². The molecule has 0 saturated carbocycles. The molecule has 0 aromatic carbocycles. The maximum absolute atomic E-state index is 4.98. The van der Waals surface area contributed by atoms with Crippen LogP contribution in [-0.2, 0) is 4.74 Å². The summed E-state index contributed by atoms with van der Waals surface area (Å²) < 4.78 is 4.98. The Bertz CT molecular complexity index is 306. The quantitative estimate of drug-likeness (QED) is 0.645. The molecule has 1 aromatic heterocycles. The molecule has 5 heteroatoms. The summed E-state index contributed by atoms with van der Waals surface area (Å²) in [6.07, 6.45) is 5.05. The largest absolute Gasteiger partial charge is 0.385 e. The fourth-order valence-corrected chi connectivity index (χ4v) is 1.35. The average Bonchev–Trinajstić information content (AvgIpc) is 2.36. The van der Waals surface area contributed by atoms with Crippen LogP contribution in [0.3, 0.4) is 0 Å². The number of nitrogens with one attached hydrogen (secondary N) is 2. The van der Waals surface area contributed by atoms with Crippen LogP contribution in [0.2, 0.25) is 0 Å². The van der Waals surface area contributed by atoms with Gasteiger partial charge in [0.1, 0.15) is 5.82 Å². The molecule has 0 aliphatic rings. The van der Waals surface area contributed by atoms with Crippen LogP contribution < -0.4 is 10.6 Å². The second-order valence-corrected chi connectivity index (χ2v) is 3.82. The Hall–Kier alpha value is -1.36. The summed E-state index contributed by atoms with van der Waals surface area (Å²) in [6, 6.07) is 1.88. The molecular weight excluding hydrogens is 216 g/mol. The first-order valence-corrected chi connectivity index (χ1v) is 6.16. The third kappa shape index (κ3) is 6.06. The van der Waals surface area contributed by atoms with Crippen LogP contribution >= 0.6 is 0 Å². The van der Waals surface area contributed by atoms with Gasteiger partial charge in [0.15, 0.2) is 0 Å². The molecule has 0 saturated heterocycles. The van der Waals surface area contributed by atoms with E-state index in [1.165, 1.54) is 6.42 Å². The molecule has 0 amide bonds. The van der Waals surface area contributed by atoms with Crippen molar-refractivity contribution in [3.63, 3.8) is 0 Å². The molecule has 1 rings (SSSR count). The number of ether oxygens (including phenoxy) is 1. The fourth-order valence-electron chi connectivity index (χ4n) is 1.35. The summed E-state index contributed by atoms with van der Waals surface area (Å²) in [5.41, 5.74) is 0. The van der Waals surface area contributed by atoms with Crippen LogP contribution in [0.5, 0.6) is 0 Å². The zero-order valence-electron chi connectivity index (χ0n) is 10.7. The third-order valence-corrected chi connectivity index (χ3v) is 2.30. The number of anilines is 2. The number of rotatable bonds is 9. The molecule has 0 spiro atoms. The van der Waals surface area contributed by atoms with Gasteiger partial charge in [0.05, 0.1) is 0 Å². The summed E-state index contributed by atoms with van der Waals surface area (Å²) >= 11 is 0. The normalized spacial score (nSPS) is 10.2. The van der Waals surface area contributed by atoms with Gasteiger partial charge < -0.3 is 15.4 Å². The van der Waals surface area contributed by atoms with E-state index in [4.69, 9.17) is 4.74 Å². The lowest BCUT2D eigenvalue weighted by molar-refractivity contribution is 0.197. The molecule has 0 fully saturated rings. The highest BCUT2D eigenvalue weighted by Crippen LogP contribution is 2.05. The predicted octanol–water partition coefficient (Wildman–Crippen LogP) is 2.14. The predicted molar refractivity (Wildman–Crippen MR) is 70.4 cm³/mol. The van der Waals surface area contributed by atoms with Crippen molar-refractivity contribution in [3.8, 4) is 0 Å². The van der Waals surface area contributed by atoms with Gasteiger partial charge in [-0.2, -0.15) is 4.98 Å². The second kappa shape index (κ2) is 8.75. The van der Waals surface area contributed by atoms with Crippen molar-refractivity contribution < 1.29 is 4.74 Å². The standard InChI is InChI=1S/C12H22N4O/c1-3-4-7-13-11-6-9-15-12(16-11)14-8-5-10-17-2/h6,9H,3-5,7-8,10H2,1-2H3,(H2,13,14,15,16). The van der Waals surface area contributed by atoms with Gasteiger partial charge in [-0.15, -0.1) is 0 Å². The average molecular weight is 238 g/mol. The Morgan fingerprint density at radius 1 is 1.24 bits per heavy atom. The first kappa shape index (κ1) is 13.7. The topological polar surface area (TPSA) is 59.1 Å². The fraction of sp³-hybridized carbons (Fsp3) is 0.667. The van der Waals surface area contributed by atoms with Gasteiger partial charge in [0.2, 0.25) is 5.95 Å². The van der Waals surface area contributed by atoms with Crippen LogP contribution in [-0.4, -0.2) is 36.8 Å². The molecule has 1 heterocycles. The van der Waals surface area contributed by atoms with Gasteiger partial charge in [0.25, 0.3) is 0 Å². The van der Waals surface area contributed by atoms with E-state index in [1.807, 2.05) is 6.07 Å². The summed E-state index contributed by atoms with van der Waals surface area (Å²) in [5, 5.41) is 6.44. The minimum absolute atomic E-state index is 0.669. The molecule has 0 aliphatic carbocycles. The lowest BCUT2D eigenvalue weighted by atomic mass is 10.3. The number of methoxy groups -OCH3 is 1. The molecule has 0 atom stereocenters. The Balaban J connectivity index is 2.31. The Morgan fingerprint density at radius 3 is 2.82 bits per heavy atom. The summed E-state index contributed by atoms with van der Waals surface area (Å²) in [5.74, 6) is 1.55. The molecule has 96 valence electrons. The van der Waals surface area contributed by atoms with Crippen molar-refractivity contribution in [2.45, 2.75) is 26.2 Å². The van der Waals surface area contributed by atoms with E-state index in [1.54, 1.807) is 13.3 Å². The molecular formula is C12H22N4O. The van der Waals surface area contributed by atoms with Crippen molar-refractivity contribution in [3.05, 3.63) is 12.3 Å². The van der Waals surface area contributed by atoms with Crippen molar-refractivity contribution in [1.82, 2.24) is 9.97 Å². The molecule has 0 bridgehead atoms. The van der Waals surface area contributed by atoms with E-state index in [0.29, 0.717) is 5.95 Å². The van der Waals surface area contributed by atoms with E-state index >= 15 is 0 Å². The molecule has 5 nitrogen and oxygen atoms in total. The lowest BCUT2D eigenvalue weighted by Gasteiger charge is -2.07. The summed E-state index contributed by atoms with van der Waals surface area (Å²) in [7, 11) is 1.70. The van der Waals surface area contributed by atoms with Crippen LogP contribution in [0.25, 0.3) is 0 Å². The van der Waals surface area contributed by atoms with E-state index in [9.17, 15) is 0 Å². The maximum Gasteiger partial charge on any atom is 0.224 e. The third-order valence-electron chi connectivity index (χ3n) is 2.30. The van der Waals surface area contributed by atoms with Crippen LogP contribution in [0, 0.1) is 0 Å². The van der Waals surface area contributed by atoms with E-state index in [-0.39, 0.29) is 0 Å². The Kier molecular flexibility index (Phi) is 7.06. The molecule has 1 aromatic rings. The zero-order valence-corrected chi connectivity index (χ0v) is 10.7. The van der Waals surface area contributed by atoms with Crippen molar-refractivity contribution in [2.24, 2.45) is 0 Å². The van der Waals surface area contributed by atoms with Gasteiger partial charge in [-0.3, -0.25) is 0 Å². The Morgan fingerprint density at radius 2 is 2.06 bits per heavy atom. The second-order valence-electron chi connectivity index (χ2n) is 3.82. The number of hydrogen-bond donors (Lipinski definition) is 2. The van der Waals surface area contributed by atoms with Gasteiger partial charge in [-0.25, -0.2) is 4.98 Å². The first-order valence-electron chi connectivity index (χ1n) is 6.16. The highest BCUT2D eigenvalue weighted by atomic mass is 16.5. The lowest BCUT2D eigenvalue weighted by Crippen LogP contribution is -2.09.